The molecule has 140 valence electrons. The topological polar surface area (TPSA) is 71.3 Å². The zero-order chi connectivity index (χ0) is 18.7. The molecule has 1 aliphatic rings. The zero-order valence-electron chi connectivity index (χ0n) is 15.5. The number of aromatic nitrogens is 2. The first kappa shape index (κ1) is 18.7. The van der Waals surface area contributed by atoms with Crippen LogP contribution < -0.4 is 10.2 Å². The van der Waals surface area contributed by atoms with Crippen LogP contribution >= 0.6 is 11.6 Å². The van der Waals surface area contributed by atoms with Crippen molar-refractivity contribution in [2.24, 2.45) is 0 Å². The molecule has 1 atom stereocenters. The zero-order valence-corrected chi connectivity index (χ0v) is 16.2. The summed E-state index contributed by atoms with van der Waals surface area (Å²) in [7, 11) is 0. The van der Waals surface area contributed by atoms with Crippen molar-refractivity contribution >= 4 is 23.2 Å². The molecule has 0 radical (unpaired) electrons. The quantitative estimate of drug-likeness (QED) is 0.840. The van der Waals surface area contributed by atoms with Gasteiger partial charge in [-0.15, -0.1) is 0 Å². The van der Waals surface area contributed by atoms with Gasteiger partial charge in [-0.25, -0.2) is 0 Å². The van der Waals surface area contributed by atoms with Gasteiger partial charge in [-0.2, -0.15) is 4.98 Å². The Balaban J connectivity index is 1.73. The fourth-order valence-corrected chi connectivity index (χ4v) is 3.23. The van der Waals surface area contributed by atoms with Crippen LogP contribution in [-0.4, -0.2) is 29.1 Å². The number of anilines is 1. The van der Waals surface area contributed by atoms with E-state index in [2.05, 4.69) is 20.4 Å². The van der Waals surface area contributed by atoms with Crippen molar-refractivity contribution < 1.29 is 9.32 Å². The molecule has 1 saturated heterocycles. The predicted octanol–water partition coefficient (Wildman–Crippen LogP) is 4.33. The van der Waals surface area contributed by atoms with E-state index in [-0.39, 0.29) is 11.8 Å². The van der Waals surface area contributed by atoms with Gasteiger partial charge in [0.05, 0.1) is 10.6 Å². The third-order valence-electron chi connectivity index (χ3n) is 4.61. The Morgan fingerprint density at radius 3 is 2.62 bits per heavy atom. The van der Waals surface area contributed by atoms with E-state index < -0.39 is 6.04 Å². The first-order chi connectivity index (χ1) is 12.5. The lowest BCUT2D eigenvalue weighted by molar-refractivity contribution is 0.0932. The maximum absolute atomic E-state index is 12.7. The molecule has 0 saturated carbocycles. The summed E-state index contributed by atoms with van der Waals surface area (Å²) in [6.07, 6.45) is 3.62. The fraction of sp³-hybridized carbons (Fsp3) is 0.526. The molecule has 6 nitrogen and oxygen atoms in total. The number of nitrogens with zero attached hydrogens (tertiary/aromatic N) is 3. The molecule has 26 heavy (non-hydrogen) atoms. The molecule has 1 amide bonds. The molecule has 1 aliphatic heterocycles. The van der Waals surface area contributed by atoms with Crippen LogP contribution in [0.25, 0.3) is 0 Å². The van der Waals surface area contributed by atoms with Gasteiger partial charge >= 0.3 is 0 Å². The Morgan fingerprint density at radius 1 is 1.23 bits per heavy atom. The molecule has 2 heterocycles. The standard InChI is InChI=1S/C19H25ClN4O2/c1-12(2)17-22-19(26-23-17)13(3)21-18(25)15-11-14(7-8-16(15)20)24-9-5-4-6-10-24/h7-8,11-13H,4-6,9-10H2,1-3H3,(H,21,25). The average molecular weight is 377 g/mol. The molecule has 1 aromatic carbocycles. The number of benzene rings is 1. The summed E-state index contributed by atoms with van der Waals surface area (Å²) in [6, 6.07) is 5.23. The lowest BCUT2D eigenvalue weighted by atomic mass is 10.1. The van der Waals surface area contributed by atoms with E-state index in [1.807, 2.05) is 32.9 Å². The van der Waals surface area contributed by atoms with E-state index in [1.165, 1.54) is 19.3 Å². The van der Waals surface area contributed by atoms with Crippen LogP contribution in [0.4, 0.5) is 5.69 Å². The first-order valence-electron chi connectivity index (χ1n) is 9.14. The predicted molar refractivity (Wildman–Crippen MR) is 102 cm³/mol. The normalized spacial score (nSPS) is 16.0. The smallest absolute Gasteiger partial charge is 0.253 e. The summed E-state index contributed by atoms with van der Waals surface area (Å²) < 4.78 is 5.26. The summed E-state index contributed by atoms with van der Waals surface area (Å²) >= 11 is 6.27. The van der Waals surface area contributed by atoms with Crippen molar-refractivity contribution in [2.75, 3.05) is 18.0 Å². The van der Waals surface area contributed by atoms with E-state index in [4.69, 9.17) is 16.1 Å². The molecule has 2 aromatic rings. The van der Waals surface area contributed by atoms with E-state index in [0.29, 0.717) is 22.3 Å². The molecule has 7 heteroatoms. The van der Waals surface area contributed by atoms with Gasteiger partial charge in [-0.05, 0) is 44.4 Å². The Kier molecular flexibility index (Phi) is 5.81. The van der Waals surface area contributed by atoms with Crippen LogP contribution in [0.2, 0.25) is 5.02 Å². The first-order valence-corrected chi connectivity index (χ1v) is 9.52. The van der Waals surface area contributed by atoms with E-state index in [0.717, 1.165) is 18.8 Å². The lowest BCUT2D eigenvalue weighted by Crippen LogP contribution is -2.30. The highest BCUT2D eigenvalue weighted by Gasteiger charge is 2.21. The summed E-state index contributed by atoms with van der Waals surface area (Å²) in [5.74, 6) is 0.952. The number of hydrogen-bond donors (Lipinski definition) is 1. The van der Waals surface area contributed by atoms with E-state index >= 15 is 0 Å². The van der Waals surface area contributed by atoms with Gasteiger partial charge < -0.3 is 14.7 Å². The maximum atomic E-state index is 12.7. The van der Waals surface area contributed by atoms with Crippen molar-refractivity contribution in [1.29, 1.82) is 0 Å². The number of halogens is 1. The summed E-state index contributed by atoms with van der Waals surface area (Å²) in [5, 5.41) is 7.27. The van der Waals surface area contributed by atoms with Gasteiger partial charge in [-0.3, -0.25) is 4.79 Å². The van der Waals surface area contributed by atoms with Crippen molar-refractivity contribution in [3.8, 4) is 0 Å². The van der Waals surface area contributed by atoms with Crippen LogP contribution in [0.5, 0.6) is 0 Å². The minimum absolute atomic E-state index is 0.172. The van der Waals surface area contributed by atoms with Gasteiger partial charge in [0.2, 0.25) is 5.89 Å². The molecule has 1 aromatic heterocycles. The number of hydrogen-bond acceptors (Lipinski definition) is 5. The second-order valence-electron chi connectivity index (χ2n) is 7.05. The number of piperidine rings is 1. The fourth-order valence-electron chi connectivity index (χ4n) is 3.03. The molecular formula is C19H25ClN4O2. The monoisotopic (exact) mass is 376 g/mol. The van der Waals surface area contributed by atoms with Crippen LogP contribution in [-0.2, 0) is 0 Å². The molecule has 0 aliphatic carbocycles. The minimum Gasteiger partial charge on any atom is -0.372 e. The van der Waals surface area contributed by atoms with Crippen LogP contribution in [0, 0.1) is 0 Å². The Morgan fingerprint density at radius 2 is 1.96 bits per heavy atom. The van der Waals surface area contributed by atoms with Gasteiger partial charge in [0.25, 0.3) is 5.91 Å². The van der Waals surface area contributed by atoms with Gasteiger partial charge in [0.15, 0.2) is 5.82 Å². The number of nitrogens with one attached hydrogen (secondary N) is 1. The van der Waals surface area contributed by atoms with Crippen molar-refractivity contribution in [1.82, 2.24) is 15.5 Å². The molecule has 1 fully saturated rings. The molecule has 1 N–H and O–H groups in total. The highest BCUT2D eigenvalue weighted by Crippen LogP contribution is 2.26. The average Bonchev–Trinajstić information content (AvgIpc) is 3.13. The number of rotatable bonds is 5. The van der Waals surface area contributed by atoms with Crippen LogP contribution in [0.1, 0.15) is 74.1 Å². The summed E-state index contributed by atoms with van der Waals surface area (Å²) in [5.41, 5.74) is 1.50. The number of amides is 1. The van der Waals surface area contributed by atoms with E-state index in [9.17, 15) is 4.79 Å². The molecule has 0 spiro atoms. The Hall–Kier alpha value is -2.08. The SMILES string of the molecule is CC(C)c1noc(C(C)NC(=O)c2cc(N3CCCCC3)ccc2Cl)n1. The highest BCUT2D eigenvalue weighted by atomic mass is 35.5. The molecule has 3 rings (SSSR count). The molecule has 0 bridgehead atoms. The van der Waals surface area contributed by atoms with Gasteiger partial charge in [0.1, 0.15) is 6.04 Å². The minimum atomic E-state index is -0.391. The van der Waals surface area contributed by atoms with Crippen LogP contribution in [0.15, 0.2) is 22.7 Å². The summed E-state index contributed by atoms with van der Waals surface area (Å²) in [4.78, 5) is 19.4. The third-order valence-corrected chi connectivity index (χ3v) is 4.94. The van der Waals surface area contributed by atoms with Crippen molar-refractivity contribution in [2.45, 2.75) is 52.0 Å². The molecule has 1 unspecified atom stereocenters. The van der Waals surface area contributed by atoms with Gasteiger partial charge in [-0.1, -0.05) is 30.6 Å². The molecular weight excluding hydrogens is 352 g/mol. The third kappa shape index (κ3) is 4.18. The second kappa shape index (κ2) is 8.08. The largest absolute Gasteiger partial charge is 0.372 e. The number of carbonyl (C=O) groups is 1. The Labute approximate surface area is 158 Å². The number of carbonyl (C=O) groups excluding carboxylic acids is 1. The van der Waals surface area contributed by atoms with Crippen molar-refractivity contribution in [3.05, 3.63) is 40.5 Å². The van der Waals surface area contributed by atoms with Gasteiger partial charge in [0, 0.05) is 24.7 Å². The maximum Gasteiger partial charge on any atom is 0.253 e. The Bertz CT molecular complexity index is 769. The van der Waals surface area contributed by atoms with E-state index in [1.54, 1.807) is 6.07 Å². The lowest BCUT2D eigenvalue weighted by Gasteiger charge is -2.29. The van der Waals surface area contributed by atoms with Crippen molar-refractivity contribution in [3.63, 3.8) is 0 Å². The summed E-state index contributed by atoms with van der Waals surface area (Å²) in [6.45, 7) is 7.82. The highest BCUT2D eigenvalue weighted by molar-refractivity contribution is 6.34. The van der Waals surface area contributed by atoms with Crippen LogP contribution in [0.3, 0.4) is 0 Å². The second-order valence-corrected chi connectivity index (χ2v) is 7.46.